The lowest BCUT2D eigenvalue weighted by Gasteiger charge is -2.24. The predicted molar refractivity (Wildman–Crippen MR) is 87.7 cm³/mol. The Morgan fingerprint density at radius 3 is 2.76 bits per heavy atom. The van der Waals surface area contributed by atoms with Gasteiger partial charge in [-0.05, 0) is 39.2 Å². The van der Waals surface area contributed by atoms with E-state index in [-0.39, 0.29) is 12.0 Å². The maximum absolute atomic E-state index is 12.1. The molecule has 2 aromatic rings. The summed E-state index contributed by atoms with van der Waals surface area (Å²) in [5, 5.41) is 3.78. The van der Waals surface area contributed by atoms with E-state index in [0.29, 0.717) is 31.3 Å². The quantitative estimate of drug-likeness (QED) is 0.829. The molecule has 1 aliphatic rings. The highest BCUT2D eigenvalue weighted by Crippen LogP contribution is 2.22. The van der Waals surface area contributed by atoms with Gasteiger partial charge in [-0.3, -0.25) is 9.09 Å². The summed E-state index contributed by atoms with van der Waals surface area (Å²) < 4.78 is 11.6. The summed E-state index contributed by atoms with van der Waals surface area (Å²) in [6.45, 7) is 7.00. The Hall–Kier alpha value is -2.71. The van der Waals surface area contributed by atoms with Crippen LogP contribution in [0.5, 0.6) is 0 Å². The van der Waals surface area contributed by atoms with E-state index in [0.717, 1.165) is 6.42 Å². The number of carbonyl (C=O) groups excluding carboxylic acids is 1. The summed E-state index contributed by atoms with van der Waals surface area (Å²) in [7, 11) is 0. The number of hydrogen-bond acceptors (Lipinski definition) is 7. The Bertz CT molecular complexity index is 793. The van der Waals surface area contributed by atoms with Gasteiger partial charge in [0.2, 0.25) is 5.82 Å². The minimum absolute atomic E-state index is 0.104. The lowest BCUT2D eigenvalue weighted by molar-refractivity contribution is 0.0287. The van der Waals surface area contributed by atoms with E-state index in [1.165, 1.54) is 4.57 Å². The van der Waals surface area contributed by atoms with Crippen molar-refractivity contribution in [2.24, 2.45) is 5.92 Å². The molecule has 25 heavy (non-hydrogen) atoms. The van der Waals surface area contributed by atoms with Crippen LogP contribution in [0.15, 0.2) is 27.8 Å². The van der Waals surface area contributed by atoms with Gasteiger partial charge in [0.25, 0.3) is 0 Å². The van der Waals surface area contributed by atoms with Crippen molar-refractivity contribution < 1.29 is 14.1 Å². The number of carbonyl (C=O) groups is 1. The smallest absolute Gasteiger partial charge is 0.441 e. The third-order valence-electron chi connectivity index (χ3n) is 3.83. The van der Waals surface area contributed by atoms with Crippen LogP contribution in [0.25, 0.3) is 11.6 Å². The lowest BCUT2D eigenvalue weighted by atomic mass is 10.1. The number of likely N-dealkylation sites (tertiary alicyclic amines) is 1. The van der Waals surface area contributed by atoms with E-state index in [1.54, 1.807) is 23.4 Å². The second kappa shape index (κ2) is 6.66. The van der Waals surface area contributed by atoms with E-state index >= 15 is 0 Å². The molecule has 0 saturated carbocycles. The first kappa shape index (κ1) is 17.1. The minimum Gasteiger partial charge on any atom is -0.444 e. The molecule has 1 unspecified atom stereocenters. The summed E-state index contributed by atoms with van der Waals surface area (Å²) in [4.78, 5) is 34.0. The fourth-order valence-corrected chi connectivity index (χ4v) is 2.74. The molecular formula is C16H21N5O4. The maximum atomic E-state index is 12.1. The van der Waals surface area contributed by atoms with E-state index in [9.17, 15) is 9.59 Å². The van der Waals surface area contributed by atoms with E-state index in [2.05, 4.69) is 15.1 Å². The van der Waals surface area contributed by atoms with Crippen LogP contribution in [0.2, 0.25) is 0 Å². The molecule has 2 aromatic heterocycles. The number of hydrogen-bond donors (Lipinski definition) is 0. The van der Waals surface area contributed by atoms with Gasteiger partial charge in [-0.15, -0.1) is 0 Å². The first-order valence-electron chi connectivity index (χ1n) is 8.15. The predicted octanol–water partition coefficient (Wildman–Crippen LogP) is 1.55. The third kappa shape index (κ3) is 4.04. The lowest BCUT2D eigenvalue weighted by Crippen LogP contribution is -2.35. The highest BCUT2D eigenvalue weighted by Gasteiger charge is 2.31. The summed E-state index contributed by atoms with van der Waals surface area (Å²) in [6, 6.07) is 1.68. The van der Waals surface area contributed by atoms with Gasteiger partial charge in [0.05, 0.1) is 0 Å². The second-order valence-corrected chi connectivity index (χ2v) is 7.04. The van der Waals surface area contributed by atoms with Gasteiger partial charge in [-0.1, -0.05) is 5.16 Å². The van der Waals surface area contributed by atoms with E-state index < -0.39 is 11.4 Å². The molecule has 3 heterocycles. The summed E-state index contributed by atoms with van der Waals surface area (Å²) in [6.07, 6.45) is 3.59. The van der Waals surface area contributed by atoms with Crippen LogP contribution in [0.1, 0.15) is 27.2 Å². The van der Waals surface area contributed by atoms with Crippen molar-refractivity contribution in [2.75, 3.05) is 13.1 Å². The SMILES string of the molecule is CC(C)(C)OC(=O)N1CCC(Cn2c(-c3ncccn3)noc2=O)C1. The van der Waals surface area contributed by atoms with Crippen LogP contribution in [-0.4, -0.2) is 49.4 Å². The molecule has 9 nitrogen and oxygen atoms in total. The molecule has 1 atom stereocenters. The number of rotatable bonds is 3. The molecule has 0 N–H and O–H groups in total. The highest BCUT2D eigenvalue weighted by molar-refractivity contribution is 5.68. The van der Waals surface area contributed by atoms with Crippen molar-refractivity contribution in [3.8, 4) is 11.6 Å². The minimum atomic E-state index is -0.557. The van der Waals surface area contributed by atoms with Crippen molar-refractivity contribution in [1.29, 1.82) is 0 Å². The molecular weight excluding hydrogens is 326 g/mol. The van der Waals surface area contributed by atoms with Crippen molar-refractivity contribution in [1.82, 2.24) is 24.6 Å². The average molecular weight is 347 g/mol. The molecule has 0 spiro atoms. The standard InChI is InChI=1S/C16H21N5O4/c1-16(2,3)24-14(22)20-8-5-11(9-20)10-21-13(19-25-15(21)23)12-17-6-4-7-18-12/h4,6-7,11H,5,8-10H2,1-3H3. The first-order chi connectivity index (χ1) is 11.8. The summed E-state index contributed by atoms with van der Waals surface area (Å²) >= 11 is 0. The Labute approximate surface area is 144 Å². The van der Waals surface area contributed by atoms with Crippen LogP contribution in [0.4, 0.5) is 4.79 Å². The summed E-state index contributed by atoms with van der Waals surface area (Å²) in [5.74, 6) is 0.168. The van der Waals surface area contributed by atoms with Crippen molar-refractivity contribution in [3.63, 3.8) is 0 Å². The van der Waals surface area contributed by atoms with Gasteiger partial charge in [-0.2, -0.15) is 0 Å². The van der Waals surface area contributed by atoms with Crippen LogP contribution >= 0.6 is 0 Å². The Kier molecular flexibility index (Phi) is 4.56. The molecule has 0 radical (unpaired) electrons. The van der Waals surface area contributed by atoms with Gasteiger partial charge < -0.3 is 9.64 Å². The average Bonchev–Trinajstić information content (AvgIpc) is 3.15. The van der Waals surface area contributed by atoms with Crippen LogP contribution in [-0.2, 0) is 11.3 Å². The summed E-state index contributed by atoms with van der Waals surface area (Å²) in [5.41, 5.74) is -0.529. The maximum Gasteiger partial charge on any atom is 0.441 e. The second-order valence-electron chi connectivity index (χ2n) is 7.04. The number of amides is 1. The van der Waals surface area contributed by atoms with Crippen LogP contribution < -0.4 is 5.76 Å². The molecule has 3 rings (SSSR count). The molecule has 9 heteroatoms. The van der Waals surface area contributed by atoms with Crippen molar-refractivity contribution in [3.05, 3.63) is 29.0 Å². The zero-order chi connectivity index (χ0) is 18.0. The van der Waals surface area contributed by atoms with E-state index in [4.69, 9.17) is 9.26 Å². The fourth-order valence-electron chi connectivity index (χ4n) is 2.74. The third-order valence-corrected chi connectivity index (χ3v) is 3.83. The molecule has 0 bridgehead atoms. The molecule has 0 aromatic carbocycles. The van der Waals surface area contributed by atoms with Gasteiger partial charge in [-0.25, -0.2) is 19.6 Å². The molecule has 1 amide bonds. The molecule has 134 valence electrons. The monoisotopic (exact) mass is 347 g/mol. The molecule has 1 fully saturated rings. The van der Waals surface area contributed by atoms with Gasteiger partial charge in [0.1, 0.15) is 5.60 Å². The topological polar surface area (TPSA) is 103 Å². The number of ether oxygens (including phenoxy) is 1. The zero-order valence-electron chi connectivity index (χ0n) is 14.5. The highest BCUT2D eigenvalue weighted by atomic mass is 16.6. The van der Waals surface area contributed by atoms with Crippen molar-refractivity contribution >= 4 is 6.09 Å². The normalized spacial score (nSPS) is 17.7. The fraction of sp³-hybridized carbons (Fsp3) is 0.562. The zero-order valence-corrected chi connectivity index (χ0v) is 14.5. The van der Waals surface area contributed by atoms with E-state index in [1.807, 2.05) is 20.8 Å². The molecule has 0 aliphatic carbocycles. The molecule has 1 aliphatic heterocycles. The first-order valence-corrected chi connectivity index (χ1v) is 8.15. The van der Waals surface area contributed by atoms with Gasteiger partial charge >= 0.3 is 11.8 Å². The van der Waals surface area contributed by atoms with Crippen molar-refractivity contribution in [2.45, 2.75) is 39.3 Å². The van der Waals surface area contributed by atoms with Crippen LogP contribution in [0, 0.1) is 5.92 Å². The largest absolute Gasteiger partial charge is 0.444 e. The number of nitrogens with zero attached hydrogens (tertiary/aromatic N) is 5. The Morgan fingerprint density at radius 1 is 1.36 bits per heavy atom. The van der Waals surface area contributed by atoms with Gasteiger partial charge in [0.15, 0.2) is 5.82 Å². The number of aromatic nitrogens is 4. The van der Waals surface area contributed by atoms with Crippen LogP contribution in [0.3, 0.4) is 0 Å². The Morgan fingerprint density at radius 2 is 2.08 bits per heavy atom. The molecule has 1 saturated heterocycles. The Balaban J connectivity index is 1.70. The van der Waals surface area contributed by atoms with Gasteiger partial charge in [0, 0.05) is 32.0 Å².